The van der Waals surface area contributed by atoms with Gasteiger partial charge in [0.2, 0.25) is 0 Å². The molecule has 0 spiro atoms. The molecule has 0 aromatic carbocycles. The highest BCUT2D eigenvalue weighted by molar-refractivity contribution is 7.98. The van der Waals surface area contributed by atoms with E-state index in [9.17, 15) is 13.2 Å². The molecule has 1 aliphatic rings. The Morgan fingerprint density at radius 1 is 1.56 bits per heavy atom. The first-order chi connectivity index (χ1) is 7.44. The number of carbonyl (C=O) groups is 1. The van der Waals surface area contributed by atoms with E-state index in [4.69, 9.17) is 5.11 Å². The number of rotatable bonds is 8. The molecule has 0 radical (unpaired) electrons. The molecule has 8 heteroatoms. The van der Waals surface area contributed by atoms with Crippen LogP contribution in [0.5, 0.6) is 0 Å². The highest BCUT2D eigenvalue weighted by atomic mass is 32.2. The van der Waals surface area contributed by atoms with Gasteiger partial charge in [-0.05, 0) is 31.3 Å². The van der Waals surface area contributed by atoms with Crippen molar-refractivity contribution in [1.82, 2.24) is 9.44 Å². The molecule has 0 bridgehead atoms. The van der Waals surface area contributed by atoms with Crippen LogP contribution in [0.3, 0.4) is 0 Å². The second-order valence-corrected chi connectivity index (χ2v) is 6.15. The van der Waals surface area contributed by atoms with Crippen LogP contribution in [0.15, 0.2) is 0 Å². The van der Waals surface area contributed by atoms with Gasteiger partial charge in [-0.15, -0.1) is 0 Å². The Balaban J connectivity index is 2.48. The molecule has 1 rings (SSSR count). The fourth-order valence-electron chi connectivity index (χ4n) is 1.11. The molecule has 1 aliphatic carbocycles. The maximum Gasteiger partial charge on any atom is 0.321 e. The van der Waals surface area contributed by atoms with Crippen molar-refractivity contribution in [2.45, 2.75) is 31.3 Å². The number of carboxylic acid groups (broad SMARTS) is 1. The summed E-state index contributed by atoms with van der Waals surface area (Å²) in [6, 6.07) is -1.07. The summed E-state index contributed by atoms with van der Waals surface area (Å²) in [6.45, 7) is 0. The minimum Gasteiger partial charge on any atom is -0.480 e. The number of nitrogens with one attached hydrogen (secondary N) is 2. The summed E-state index contributed by atoms with van der Waals surface area (Å²) in [6.07, 6.45) is 3.77. The number of thioether (sulfide) groups is 1. The second kappa shape index (κ2) is 5.85. The third kappa shape index (κ3) is 5.15. The first-order valence-electron chi connectivity index (χ1n) is 4.96. The Kier molecular flexibility index (Phi) is 5.03. The molecule has 6 nitrogen and oxygen atoms in total. The van der Waals surface area contributed by atoms with Crippen LogP contribution >= 0.6 is 11.8 Å². The monoisotopic (exact) mass is 268 g/mol. The molecule has 0 aromatic heterocycles. The lowest BCUT2D eigenvalue weighted by Crippen LogP contribution is -2.47. The van der Waals surface area contributed by atoms with Crippen molar-refractivity contribution in [3.8, 4) is 0 Å². The quantitative estimate of drug-likeness (QED) is 0.565. The van der Waals surface area contributed by atoms with Gasteiger partial charge in [0.25, 0.3) is 10.2 Å². The van der Waals surface area contributed by atoms with E-state index in [0.717, 1.165) is 12.8 Å². The van der Waals surface area contributed by atoms with Crippen molar-refractivity contribution in [2.24, 2.45) is 0 Å². The minimum absolute atomic E-state index is 0.0208. The van der Waals surface area contributed by atoms with Crippen LogP contribution < -0.4 is 9.44 Å². The van der Waals surface area contributed by atoms with Crippen molar-refractivity contribution in [3.63, 3.8) is 0 Å². The molecular formula is C8H16N2O4S2. The van der Waals surface area contributed by atoms with Crippen LogP contribution in [-0.4, -0.2) is 43.6 Å². The molecule has 94 valence electrons. The van der Waals surface area contributed by atoms with Crippen molar-refractivity contribution >= 4 is 27.9 Å². The third-order valence-electron chi connectivity index (χ3n) is 2.11. The zero-order valence-electron chi connectivity index (χ0n) is 8.97. The number of aliphatic carboxylic acids is 1. The zero-order chi connectivity index (χ0) is 12.2. The predicted octanol–water partition coefficient (Wildman–Crippen LogP) is -0.221. The molecule has 0 aromatic rings. The van der Waals surface area contributed by atoms with Gasteiger partial charge in [-0.25, -0.2) is 0 Å². The van der Waals surface area contributed by atoms with E-state index >= 15 is 0 Å². The predicted molar refractivity (Wildman–Crippen MR) is 62.6 cm³/mol. The van der Waals surface area contributed by atoms with Crippen molar-refractivity contribution < 1.29 is 18.3 Å². The zero-order valence-corrected chi connectivity index (χ0v) is 10.6. The van der Waals surface area contributed by atoms with Gasteiger partial charge in [0.15, 0.2) is 0 Å². The topological polar surface area (TPSA) is 95.5 Å². The number of hydrogen-bond donors (Lipinski definition) is 3. The van der Waals surface area contributed by atoms with E-state index in [1.54, 1.807) is 0 Å². The molecule has 0 amide bonds. The molecule has 16 heavy (non-hydrogen) atoms. The second-order valence-electron chi connectivity index (χ2n) is 3.69. The Labute approximate surface area is 99.4 Å². The summed E-state index contributed by atoms with van der Waals surface area (Å²) >= 11 is 1.48. The summed E-state index contributed by atoms with van der Waals surface area (Å²) in [4.78, 5) is 10.8. The number of hydrogen-bond acceptors (Lipinski definition) is 4. The Hall–Kier alpha value is -0.310. The lowest BCUT2D eigenvalue weighted by Gasteiger charge is -2.14. The van der Waals surface area contributed by atoms with Crippen molar-refractivity contribution in [3.05, 3.63) is 0 Å². The van der Waals surface area contributed by atoms with E-state index < -0.39 is 22.2 Å². The first kappa shape index (κ1) is 13.8. The van der Waals surface area contributed by atoms with Crippen LogP contribution in [-0.2, 0) is 15.0 Å². The summed E-state index contributed by atoms with van der Waals surface area (Å²) in [7, 11) is -3.68. The summed E-state index contributed by atoms with van der Waals surface area (Å²) < 4.78 is 27.5. The van der Waals surface area contributed by atoms with E-state index in [-0.39, 0.29) is 12.5 Å². The smallest absolute Gasteiger partial charge is 0.321 e. The van der Waals surface area contributed by atoms with E-state index in [1.807, 2.05) is 6.26 Å². The Morgan fingerprint density at radius 3 is 2.62 bits per heavy atom. The Bertz CT molecular complexity index is 340. The lowest BCUT2D eigenvalue weighted by atomic mass is 10.2. The van der Waals surface area contributed by atoms with Gasteiger partial charge in [-0.1, -0.05) is 0 Å². The highest BCUT2D eigenvalue weighted by Gasteiger charge is 2.30. The van der Waals surface area contributed by atoms with Gasteiger partial charge in [0.1, 0.15) is 6.04 Å². The SMILES string of the molecule is CSCC[C@H](NS(=O)(=O)NC1CC1)C(=O)O. The van der Waals surface area contributed by atoms with Gasteiger partial charge in [-0.3, -0.25) is 4.79 Å². The normalized spacial score (nSPS) is 18.3. The fourth-order valence-corrected chi connectivity index (χ4v) is 2.92. The molecule has 0 unspecified atom stereocenters. The van der Waals surface area contributed by atoms with Crippen molar-refractivity contribution in [1.29, 1.82) is 0 Å². The fraction of sp³-hybridized carbons (Fsp3) is 0.875. The van der Waals surface area contributed by atoms with Gasteiger partial charge in [0.05, 0.1) is 0 Å². The third-order valence-corrected chi connectivity index (χ3v) is 3.99. The first-order valence-corrected chi connectivity index (χ1v) is 7.83. The average Bonchev–Trinajstić information content (AvgIpc) is 2.94. The van der Waals surface area contributed by atoms with Gasteiger partial charge in [-0.2, -0.15) is 29.6 Å². The molecule has 0 saturated heterocycles. The molecule has 1 fully saturated rings. The number of carboxylic acids is 1. The van der Waals surface area contributed by atoms with Crippen molar-refractivity contribution in [2.75, 3.05) is 12.0 Å². The maximum absolute atomic E-state index is 11.5. The summed E-state index contributed by atoms with van der Waals surface area (Å²) in [5.74, 6) is -0.543. The standard InChI is InChI=1S/C8H16N2O4S2/c1-15-5-4-7(8(11)12)10-16(13,14)9-6-2-3-6/h6-7,9-10H,2-5H2,1H3,(H,11,12)/t7-/m0/s1. The molecule has 3 N–H and O–H groups in total. The molecular weight excluding hydrogens is 252 g/mol. The van der Waals surface area contributed by atoms with Gasteiger partial charge in [0, 0.05) is 6.04 Å². The van der Waals surface area contributed by atoms with Crippen LogP contribution in [0, 0.1) is 0 Å². The molecule has 0 heterocycles. The highest BCUT2D eigenvalue weighted by Crippen LogP contribution is 2.19. The van der Waals surface area contributed by atoms with Crippen LogP contribution in [0.25, 0.3) is 0 Å². The van der Waals surface area contributed by atoms with Gasteiger partial charge < -0.3 is 5.11 Å². The lowest BCUT2D eigenvalue weighted by molar-refractivity contribution is -0.139. The molecule has 1 atom stereocenters. The summed E-state index contributed by atoms with van der Waals surface area (Å²) in [5, 5.41) is 8.85. The minimum atomic E-state index is -3.68. The Morgan fingerprint density at radius 2 is 2.19 bits per heavy atom. The average molecular weight is 268 g/mol. The summed E-state index contributed by atoms with van der Waals surface area (Å²) in [5.41, 5.74) is 0. The van der Waals surface area contributed by atoms with Crippen LogP contribution in [0.4, 0.5) is 0 Å². The molecule has 1 saturated carbocycles. The van der Waals surface area contributed by atoms with Crippen LogP contribution in [0.2, 0.25) is 0 Å². The van der Waals surface area contributed by atoms with E-state index in [2.05, 4.69) is 9.44 Å². The van der Waals surface area contributed by atoms with E-state index in [0.29, 0.717) is 5.75 Å². The largest absolute Gasteiger partial charge is 0.480 e. The van der Waals surface area contributed by atoms with Gasteiger partial charge >= 0.3 is 5.97 Å². The maximum atomic E-state index is 11.5. The molecule has 0 aliphatic heterocycles. The van der Waals surface area contributed by atoms with E-state index in [1.165, 1.54) is 11.8 Å². The van der Waals surface area contributed by atoms with Crippen LogP contribution in [0.1, 0.15) is 19.3 Å².